The molecule has 0 spiro atoms. The lowest BCUT2D eigenvalue weighted by atomic mass is 10.0. The highest BCUT2D eigenvalue weighted by Crippen LogP contribution is 2.23. The molecule has 8 heteroatoms. The van der Waals surface area contributed by atoms with Gasteiger partial charge in [0.2, 0.25) is 0 Å². The third kappa shape index (κ3) is 2.93. The number of aromatic nitrogens is 2. The van der Waals surface area contributed by atoms with Gasteiger partial charge in [0.1, 0.15) is 30.2 Å². The molecule has 0 saturated carbocycles. The number of fused-ring (bicyclic) bond motifs is 1. The van der Waals surface area contributed by atoms with Crippen LogP contribution >= 0.6 is 11.6 Å². The number of rotatable bonds is 5. The third-order valence-electron chi connectivity index (χ3n) is 3.00. The van der Waals surface area contributed by atoms with Gasteiger partial charge in [-0.15, -0.1) is 0 Å². The molecule has 2 aromatic rings. The standard InChI is InChI=1S/C12H15ClN2O5/c13-5-1-2-6-7(3-5)15-12(14-6)11(20)10(19)9(18)8(17)4-16/h1-3,8-11,16-20H,4H2,(H,14,15)/t8?,9-,10+,11?/m1/s1. The predicted molar refractivity (Wildman–Crippen MR) is 71.2 cm³/mol. The van der Waals surface area contributed by atoms with Crippen LogP contribution < -0.4 is 0 Å². The van der Waals surface area contributed by atoms with E-state index in [2.05, 4.69) is 9.97 Å². The molecule has 0 aliphatic rings. The zero-order valence-corrected chi connectivity index (χ0v) is 11.1. The molecular weight excluding hydrogens is 288 g/mol. The van der Waals surface area contributed by atoms with Crippen LogP contribution in [0.15, 0.2) is 18.2 Å². The van der Waals surface area contributed by atoms with Crippen LogP contribution in [0.1, 0.15) is 11.9 Å². The van der Waals surface area contributed by atoms with E-state index >= 15 is 0 Å². The van der Waals surface area contributed by atoms with Gasteiger partial charge in [-0.25, -0.2) is 4.98 Å². The summed E-state index contributed by atoms with van der Waals surface area (Å²) in [4.78, 5) is 6.84. The largest absolute Gasteiger partial charge is 0.394 e. The number of hydrogen-bond acceptors (Lipinski definition) is 6. The van der Waals surface area contributed by atoms with Crippen molar-refractivity contribution in [2.45, 2.75) is 24.4 Å². The Hall–Kier alpha value is -1.22. The molecule has 0 fully saturated rings. The minimum absolute atomic E-state index is 0.0268. The van der Waals surface area contributed by atoms with Crippen LogP contribution in [-0.2, 0) is 0 Å². The lowest BCUT2D eigenvalue weighted by molar-refractivity contribution is -0.117. The Balaban J connectivity index is 2.24. The molecule has 0 radical (unpaired) electrons. The maximum absolute atomic E-state index is 9.94. The molecule has 1 heterocycles. The smallest absolute Gasteiger partial charge is 0.140 e. The van der Waals surface area contributed by atoms with E-state index in [1.807, 2.05) is 0 Å². The van der Waals surface area contributed by atoms with E-state index in [0.29, 0.717) is 16.1 Å². The van der Waals surface area contributed by atoms with Gasteiger partial charge < -0.3 is 30.5 Å². The summed E-state index contributed by atoms with van der Waals surface area (Å²) in [6, 6.07) is 4.88. The number of nitrogens with one attached hydrogen (secondary N) is 1. The molecule has 4 atom stereocenters. The van der Waals surface area contributed by atoms with Gasteiger partial charge in [0, 0.05) is 5.02 Å². The first-order valence-corrected chi connectivity index (χ1v) is 6.30. The van der Waals surface area contributed by atoms with E-state index in [1.165, 1.54) is 0 Å². The molecule has 0 aliphatic carbocycles. The minimum atomic E-state index is -1.70. The van der Waals surface area contributed by atoms with Gasteiger partial charge in [-0.05, 0) is 18.2 Å². The summed E-state index contributed by atoms with van der Waals surface area (Å²) in [6.45, 7) is -0.735. The first kappa shape index (κ1) is 15.2. The number of halogens is 1. The van der Waals surface area contributed by atoms with E-state index in [1.54, 1.807) is 18.2 Å². The monoisotopic (exact) mass is 302 g/mol. The highest BCUT2D eigenvalue weighted by atomic mass is 35.5. The van der Waals surface area contributed by atoms with Gasteiger partial charge in [0.15, 0.2) is 0 Å². The molecule has 1 aromatic heterocycles. The van der Waals surface area contributed by atoms with Gasteiger partial charge in [0.25, 0.3) is 0 Å². The minimum Gasteiger partial charge on any atom is -0.394 e. The lowest BCUT2D eigenvalue weighted by Crippen LogP contribution is -2.42. The molecule has 0 amide bonds. The first-order valence-electron chi connectivity index (χ1n) is 5.92. The molecule has 20 heavy (non-hydrogen) atoms. The van der Waals surface area contributed by atoms with Crippen molar-refractivity contribution in [3.63, 3.8) is 0 Å². The van der Waals surface area contributed by atoms with Crippen molar-refractivity contribution in [3.8, 4) is 0 Å². The summed E-state index contributed by atoms with van der Waals surface area (Å²) in [5.74, 6) is 0.0268. The third-order valence-corrected chi connectivity index (χ3v) is 3.23. The number of nitrogens with zero attached hydrogens (tertiary/aromatic N) is 1. The Morgan fingerprint density at radius 2 is 1.85 bits per heavy atom. The fourth-order valence-corrected chi connectivity index (χ4v) is 1.99. The van der Waals surface area contributed by atoms with Gasteiger partial charge in [0.05, 0.1) is 17.6 Å². The van der Waals surface area contributed by atoms with E-state index in [9.17, 15) is 20.4 Å². The first-order chi connectivity index (χ1) is 9.43. The van der Waals surface area contributed by atoms with Gasteiger partial charge >= 0.3 is 0 Å². The number of aliphatic hydroxyl groups is 5. The molecule has 6 N–H and O–H groups in total. The molecule has 0 bridgehead atoms. The van der Waals surface area contributed by atoms with Crippen molar-refractivity contribution < 1.29 is 25.5 Å². The molecule has 2 rings (SSSR count). The number of H-pyrrole nitrogens is 1. The number of hydrogen-bond donors (Lipinski definition) is 6. The highest BCUT2D eigenvalue weighted by molar-refractivity contribution is 6.31. The second-order valence-corrected chi connectivity index (χ2v) is 4.90. The van der Waals surface area contributed by atoms with Crippen LogP contribution in [0.2, 0.25) is 5.02 Å². The summed E-state index contributed by atoms with van der Waals surface area (Å²) < 4.78 is 0. The van der Waals surface area contributed by atoms with Crippen molar-refractivity contribution >= 4 is 22.6 Å². The van der Waals surface area contributed by atoms with E-state index < -0.39 is 31.0 Å². The SMILES string of the molecule is OCC(O)[C@@H](O)[C@H](O)C(O)c1nc2cc(Cl)ccc2[nH]1. The zero-order chi connectivity index (χ0) is 14.9. The molecule has 0 saturated heterocycles. The van der Waals surface area contributed by atoms with Crippen LogP contribution in [0.25, 0.3) is 11.0 Å². The molecule has 1 aromatic carbocycles. The van der Waals surface area contributed by atoms with Crippen LogP contribution in [0.3, 0.4) is 0 Å². The maximum atomic E-state index is 9.94. The molecule has 7 nitrogen and oxygen atoms in total. The van der Waals surface area contributed by atoms with Gasteiger partial charge in [-0.2, -0.15) is 0 Å². The Kier molecular flexibility index (Phi) is 4.59. The maximum Gasteiger partial charge on any atom is 0.140 e. The predicted octanol–water partition coefficient (Wildman–Crippen LogP) is -0.675. The Labute approximate surface area is 119 Å². The number of imidazole rings is 1. The molecule has 110 valence electrons. The van der Waals surface area contributed by atoms with Crippen molar-refractivity contribution in [1.29, 1.82) is 0 Å². The van der Waals surface area contributed by atoms with Crippen LogP contribution in [0.4, 0.5) is 0 Å². The summed E-state index contributed by atoms with van der Waals surface area (Å²) in [6.07, 6.45) is -6.50. The summed E-state index contributed by atoms with van der Waals surface area (Å²) in [5.41, 5.74) is 1.10. The van der Waals surface area contributed by atoms with E-state index in [4.69, 9.17) is 16.7 Å². The lowest BCUT2D eigenvalue weighted by Gasteiger charge is -2.24. The number of aliphatic hydroxyl groups excluding tert-OH is 5. The average molecular weight is 303 g/mol. The van der Waals surface area contributed by atoms with E-state index in [-0.39, 0.29) is 5.82 Å². The van der Waals surface area contributed by atoms with Crippen LogP contribution in [0, 0.1) is 0 Å². The Bertz CT molecular complexity index is 590. The second-order valence-electron chi connectivity index (χ2n) is 4.46. The van der Waals surface area contributed by atoms with Crippen molar-refractivity contribution in [2.24, 2.45) is 0 Å². The van der Waals surface area contributed by atoms with E-state index in [0.717, 1.165) is 0 Å². The fraction of sp³-hybridized carbons (Fsp3) is 0.417. The summed E-state index contributed by atoms with van der Waals surface area (Å²) in [5, 5.41) is 47.7. The molecule has 0 aliphatic heterocycles. The number of aromatic amines is 1. The van der Waals surface area contributed by atoms with Crippen molar-refractivity contribution in [2.75, 3.05) is 6.61 Å². The van der Waals surface area contributed by atoms with Crippen LogP contribution in [-0.4, -0.2) is 60.4 Å². The highest BCUT2D eigenvalue weighted by Gasteiger charge is 2.32. The van der Waals surface area contributed by atoms with Crippen molar-refractivity contribution in [3.05, 3.63) is 29.0 Å². The van der Waals surface area contributed by atoms with Gasteiger partial charge in [-0.1, -0.05) is 11.6 Å². The molecule has 2 unspecified atom stereocenters. The normalized spacial score (nSPS) is 17.9. The summed E-state index contributed by atoms with van der Waals surface area (Å²) >= 11 is 5.81. The Morgan fingerprint density at radius 3 is 2.50 bits per heavy atom. The summed E-state index contributed by atoms with van der Waals surface area (Å²) in [7, 11) is 0. The molecular formula is C12H15ClN2O5. The number of benzene rings is 1. The fourth-order valence-electron chi connectivity index (χ4n) is 1.82. The quantitative estimate of drug-likeness (QED) is 0.434. The topological polar surface area (TPSA) is 130 Å². The van der Waals surface area contributed by atoms with Gasteiger partial charge in [-0.3, -0.25) is 0 Å². The van der Waals surface area contributed by atoms with Crippen LogP contribution in [0.5, 0.6) is 0 Å². The average Bonchev–Trinajstić information content (AvgIpc) is 2.86. The second kappa shape index (κ2) is 6.04. The zero-order valence-electron chi connectivity index (χ0n) is 10.3. The Morgan fingerprint density at radius 1 is 1.15 bits per heavy atom. The van der Waals surface area contributed by atoms with Crippen molar-refractivity contribution in [1.82, 2.24) is 9.97 Å².